The van der Waals surface area contributed by atoms with Gasteiger partial charge in [0.05, 0.1) is 19.9 Å². The second-order valence-electron chi connectivity index (χ2n) is 7.02. The average molecular weight is 407 g/mol. The van der Waals surface area contributed by atoms with Crippen molar-refractivity contribution in [3.63, 3.8) is 0 Å². The summed E-state index contributed by atoms with van der Waals surface area (Å²) in [5.74, 6) is 2.34. The van der Waals surface area contributed by atoms with Gasteiger partial charge in [0.15, 0.2) is 11.5 Å². The van der Waals surface area contributed by atoms with Gasteiger partial charge in [-0.05, 0) is 42.7 Å². The molecule has 0 fully saturated rings. The van der Waals surface area contributed by atoms with Gasteiger partial charge >= 0.3 is 0 Å². The summed E-state index contributed by atoms with van der Waals surface area (Å²) in [4.78, 5) is 20.7. The van der Waals surface area contributed by atoms with Crippen LogP contribution in [0.4, 0.5) is 5.69 Å². The third-order valence-corrected chi connectivity index (χ3v) is 4.23. The van der Waals surface area contributed by atoms with Crippen molar-refractivity contribution in [2.45, 2.75) is 20.3 Å². The fourth-order valence-corrected chi connectivity index (χ4v) is 2.63. The van der Waals surface area contributed by atoms with E-state index in [1.807, 2.05) is 0 Å². The molecule has 7 heteroatoms. The second kappa shape index (κ2) is 10.2. The van der Waals surface area contributed by atoms with Crippen LogP contribution >= 0.6 is 0 Å². The minimum Gasteiger partial charge on any atom is -0.493 e. The lowest BCUT2D eigenvalue weighted by Crippen LogP contribution is -2.12. The third-order valence-electron chi connectivity index (χ3n) is 4.23. The number of carbonyl (C=O) groups is 1. The molecule has 1 N–H and O–H groups in total. The van der Waals surface area contributed by atoms with E-state index in [0.717, 1.165) is 6.42 Å². The molecule has 0 saturated carbocycles. The number of benzene rings is 2. The predicted octanol–water partition coefficient (Wildman–Crippen LogP) is 4.95. The Morgan fingerprint density at radius 2 is 1.97 bits per heavy atom. The van der Waals surface area contributed by atoms with Crippen LogP contribution in [-0.2, 0) is 0 Å². The maximum Gasteiger partial charge on any atom is 0.255 e. The summed E-state index contributed by atoms with van der Waals surface area (Å²) in [6, 6.07) is 12.2. The molecule has 1 amide bonds. The zero-order valence-electron chi connectivity index (χ0n) is 17.3. The van der Waals surface area contributed by atoms with E-state index in [-0.39, 0.29) is 5.91 Å². The minimum absolute atomic E-state index is 0.265. The zero-order chi connectivity index (χ0) is 21.3. The number of anilines is 1. The molecule has 0 spiro atoms. The molecule has 156 valence electrons. The van der Waals surface area contributed by atoms with Gasteiger partial charge < -0.3 is 19.5 Å². The SMILES string of the molecule is COc1cc(C(=O)Nc2cccc(Oc3cnccn3)c2)ccc1OCCC(C)C. The highest BCUT2D eigenvalue weighted by molar-refractivity contribution is 6.04. The Labute approximate surface area is 176 Å². The van der Waals surface area contributed by atoms with Crippen molar-refractivity contribution in [1.29, 1.82) is 0 Å². The normalized spacial score (nSPS) is 10.5. The Balaban J connectivity index is 1.67. The van der Waals surface area contributed by atoms with Crippen LogP contribution in [0.25, 0.3) is 0 Å². The number of ether oxygens (including phenoxy) is 3. The van der Waals surface area contributed by atoms with Crippen LogP contribution in [0, 0.1) is 5.92 Å². The first-order valence-electron chi connectivity index (χ1n) is 9.71. The highest BCUT2D eigenvalue weighted by Gasteiger charge is 2.12. The molecule has 0 unspecified atom stereocenters. The Bertz CT molecular complexity index is 977. The number of carbonyl (C=O) groups excluding carboxylic acids is 1. The Hall–Kier alpha value is -3.61. The minimum atomic E-state index is -0.265. The number of nitrogens with zero attached hydrogens (tertiary/aromatic N) is 2. The number of rotatable bonds is 9. The molecule has 7 nitrogen and oxygen atoms in total. The van der Waals surface area contributed by atoms with Crippen molar-refractivity contribution >= 4 is 11.6 Å². The first-order valence-corrected chi connectivity index (χ1v) is 9.71. The van der Waals surface area contributed by atoms with Crippen molar-refractivity contribution in [1.82, 2.24) is 9.97 Å². The van der Waals surface area contributed by atoms with Gasteiger partial charge in [-0.3, -0.25) is 9.78 Å². The van der Waals surface area contributed by atoms with Gasteiger partial charge in [-0.15, -0.1) is 0 Å². The van der Waals surface area contributed by atoms with Gasteiger partial charge in [0.1, 0.15) is 5.75 Å². The van der Waals surface area contributed by atoms with Crippen LogP contribution < -0.4 is 19.5 Å². The Kier molecular flexibility index (Phi) is 7.21. The smallest absolute Gasteiger partial charge is 0.255 e. The molecule has 0 aliphatic heterocycles. The van der Waals surface area contributed by atoms with Crippen LogP contribution in [0.1, 0.15) is 30.6 Å². The molecular weight excluding hydrogens is 382 g/mol. The van der Waals surface area contributed by atoms with E-state index in [2.05, 4.69) is 29.1 Å². The second-order valence-corrected chi connectivity index (χ2v) is 7.02. The first-order chi connectivity index (χ1) is 14.5. The zero-order valence-corrected chi connectivity index (χ0v) is 17.3. The maximum absolute atomic E-state index is 12.7. The van der Waals surface area contributed by atoms with E-state index in [1.165, 1.54) is 6.20 Å². The van der Waals surface area contributed by atoms with Gasteiger partial charge in [0.25, 0.3) is 5.91 Å². The van der Waals surface area contributed by atoms with Gasteiger partial charge in [0, 0.05) is 29.7 Å². The standard InChI is InChI=1S/C23H25N3O4/c1-16(2)9-12-29-20-8-7-17(13-21(20)28-3)23(27)26-18-5-4-6-19(14-18)30-22-15-24-10-11-25-22/h4-8,10-11,13-16H,9,12H2,1-3H3,(H,26,27). The van der Waals surface area contributed by atoms with Gasteiger partial charge in [0.2, 0.25) is 5.88 Å². The maximum atomic E-state index is 12.7. The molecule has 0 saturated heterocycles. The number of aromatic nitrogens is 2. The number of hydrogen-bond donors (Lipinski definition) is 1. The molecule has 0 radical (unpaired) electrons. The molecule has 0 aliphatic rings. The van der Waals surface area contributed by atoms with E-state index < -0.39 is 0 Å². The van der Waals surface area contributed by atoms with E-state index in [0.29, 0.717) is 46.9 Å². The molecular formula is C23H25N3O4. The van der Waals surface area contributed by atoms with Crippen molar-refractivity contribution in [2.24, 2.45) is 5.92 Å². The molecule has 1 aromatic heterocycles. The Morgan fingerprint density at radius 1 is 1.10 bits per heavy atom. The third kappa shape index (κ3) is 5.94. The summed E-state index contributed by atoms with van der Waals surface area (Å²) < 4.78 is 16.8. The van der Waals surface area contributed by atoms with E-state index in [1.54, 1.807) is 62.0 Å². The summed E-state index contributed by atoms with van der Waals surface area (Å²) in [6.07, 6.45) is 5.57. The molecule has 0 atom stereocenters. The van der Waals surface area contributed by atoms with Crippen LogP contribution in [0.5, 0.6) is 23.1 Å². The molecule has 1 heterocycles. The molecule has 2 aromatic carbocycles. The van der Waals surface area contributed by atoms with E-state index in [9.17, 15) is 4.79 Å². The monoisotopic (exact) mass is 407 g/mol. The summed E-state index contributed by atoms with van der Waals surface area (Å²) in [6.45, 7) is 4.88. The quantitative estimate of drug-likeness (QED) is 0.540. The van der Waals surface area contributed by atoms with Crippen LogP contribution in [0.2, 0.25) is 0 Å². The summed E-state index contributed by atoms with van der Waals surface area (Å²) >= 11 is 0. The number of amides is 1. The van der Waals surface area contributed by atoms with Gasteiger partial charge in [-0.2, -0.15) is 0 Å². The summed E-state index contributed by atoms with van der Waals surface area (Å²) in [7, 11) is 1.56. The fourth-order valence-electron chi connectivity index (χ4n) is 2.63. The van der Waals surface area contributed by atoms with Crippen molar-refractivity contribution < 1.29 is 19.0 Å². The average Bonchev–Trinajstić information content (AvgIpc) is 2.74. The highest BCUT2D eigenvalue weighted by Crippen LogP contribution is 2.29. The molecule has 0 aliphatic carbocycles. The van der Waals surface area contributed by atoms with Crippen LogP contribution in [0.3, 0.4) is 0 Å². The first kappa shape index (κ1) is 21.1. The van der Waals surface area contributed by atoms with Crippen LogP contribution in [0.15, 0.2) is 61.1 Å². The van der Waals surface area contributed by atoms with Crippen molar-refractivity contribution in [3.8, 4) is 23.1 Å². The molecule has 0 bridgehead atoms. The molecule has 30 heavy (non-hydrogen) atoms. The molecule has 3 aromatic rings. The topological polar surface area (TPSA) is 82.6 Å². The fraction of sp³-hybridized carbons (Fsp3) is 0.261. The largest absolute Gasteiger partial charge is 0.493 e. The van der Waals surface area contributed by atoms with Crippen molar-refractivity contribution in [3.05, 3.63) is 66.6 Å². The van der Waals surface area contributed by atoms with E-state index >= 15 is 0 Å². The lowest BCUT2D eigenvalue weighted by Gasteiger charge is -2.13. The highest BCUT2D eigenvalue weighted by atomic mass is 16.5. The lowest BCUT2D eigenvalue weighted by molar-refractivity contribution is 0.102. The Morgan fingerprint density at radius 3 is 2.70 bits per heavy atom. The lowest BCUT2D eigenvalue weighted by atomic mass is 10.1. The molecule has 3 rings (SSSR count). The van der Waals surface area contributed by atoms with Crippen molar-refractivity contribution in [2.75, 3.05) is 19.0 Å². The predicted molar refractivity (Wildman–Crippen MR) is 114 cm³/mol. The van der Waals surface area contributed by atoms with Gasteiger partial charge in [-0.25, -0.2) is 4.98 Å². The summed E-state index contributed by atoms with van der Waals surface area (Å²) in [5, 5.41) is 2.86. The van der Waals surface area contributed by atoms with Gasteiger partial charge in [-0.1, -0.05) is 19.9 Å². The number of nitrogens with one attached hydrogen (secondary N) is 1. The number of methoxy groups -OCH3 is 1. The van der Waals surface area contributed by atoms with E-state index in [4.69, 9.17) is 14.2 Å². The number of hydrogen-bond acceptors (Lipinski definition) is 6. The summed E-state index contributed by atoms with van der Waals surface area (Å²) in [5.41, 5.74) is 1.06. The van der Waals surface area contributed by atoms with Crippen LogP contribution in [-0.4, -0.2) is 29.6 Å².